The molecular weight excluding hydrogens is 334 g/mol. The van der Waals surface area contributed by atoms with Crippen molar-refractivity contribution in [1.29, 1.82) is 0 Å². The van der Waals surface area contributed by atoms with Gasteiger partial charge < -0.3 is 4.74 Å². The average Bonchev–Trinajstić information content (AvgIpc) is 2.74. The molecule has 2 aliphatic rings. The summed E-state index contributed by atoms with van der Waals surface area (Å²) >= 11 is 0. The number of nitrogens with zero attached hydrogens (tertiary/aromatic N) is 3. The quantitative estimate of drug-likeness (QED) is 0.712. The lowest BCUT2D eigenvalue weighted by Crippen LogP contribution is -2.34. The summed E-state index contributed by atoms with van der Waals surface area (Å²) in [4.78, 5) is 11.9. The van der Waals surface area contributed by atoms with Crippen molar-refractivity contribution in [1.82, 2.24) is 14.9 Å². The lowest BCUT2D eigenvalue weighted by Gasteiger charge is -2.30. The van der Waals surface area contributed by atoms with Crippen LogP contribution in [0, 0.1) is 0 Å². The predicted molar refractivity (Wildman–Crippen MR) is 106 cm³/mol. The van der Waals surface area contributed by atoms with Crippen LogP contribution in [0.15, 0.2) is 66.4 Å². The third-order valence-corrected chi connectivity index (χ3v) is 5.16. The van der Waals surface area contributed by atoms with Crippen molar-refractivity contribution in [2.24, 2.45) is 0 Å². The lowest BCUT2D eigenvalue weighted by molar-refractivity contribution is 0.255. The Bertz CT molecular complexity index is 998. The molecule has 27 heavy (non-hydrogen) atoms. The predicted octanol–water partition coefficient (Wildman–Crippen LogP) is 3.98. The van der Waals surface area contributed by atoms with Crippen LogP contribution in [0.2, 0.25) is 0 Å². The van der Waals surface area contributed by atoms with Crippen LogP contribution in [0.5, 0.6) is 5.75 Å². The maximum absolute atomic E-state index is 5.89. The summed E-state index contributed by atoms with van der Waals surface area (Å²) in [5, 5.41) is 0. The van der Waals surface area contributed by atoms with Gasteiger partial charge in [-0.25, -0.2) is 9.97 Å². The Morgan fingerprint density at radius 1 is 1.00 bits per heavy atom. The summed E-state index contributed by atoms with van der Waals surface area (Å²) in [7, 11) is 0. The van der Waals surface area contributed by atoms with Gasteiger partial charge >= 0.3 is 0 Å². The van der Waals surface area contributed by atoms with E-state index in [-0.39, 0.29) is 0 Å². The van der Waals surface area contributed by atoms with E-state index in [9.17, 15) is 0 Å². The van der Waals surface area contributed by atoms with Gasteiger partial charge in [0.2, 0.25) is 0 Å². The summed E-state index contributed by atoms with van der Waals surface area (Å²) in [6.45, 7) is 3.50. The molecule has 4 heteroatoms. The highest BCUT2D eigenvalue weighted by Gasteiger charge is 2.21. The number of aromatic nitrogens is 2. The largest absolute Gasteiger partial charge is 0.489 e. The molecule has 0 fully saturated rings. The minimum absolute atomic E-state index is 0.670. The van der Waals surface area contributed by atoms with Crippen LogP contribution in [-0.4, -0.2) is 34.6 Å². The van der Waals surface area contributed by atoms with Gasteiger partial charge in [-0.05, 0) is 17.7 Å². The number of hydrogen-bond acceptors (Lipinski definition) is 4. The first-order valence-corrected chi connectivity index (χ1v) is 9.39. The molecular formula is C23H21N3O. The number of rotatable bonds is 3. The van der Waals surface area contributed by atoms with Gasteiger partial charge in [0.15, 0.2) is 5.82 Å². The van der Waals surface area contributed by atoms with E-state index in [1.807, 2.05) is 36.5 Å². The van der Waals surface area contributed by atoms with Gasteiger partial charge in [0.25, 0.3) is 0 Å². The van der Waals surface area contributed by atoms with Gasteiger partial charge in [-0.3, -0.25) is 4.90 Å². The standard InChI is InChI=1S/C23H21N3O/c1-2-6-18(7-3-1)23-24-13-20-15-26(11-10-21(20)25-23)14-17-12-19-8-4-5-9-22(19)27-16-17/h1-9,12-13H,10-11,14-16H2. The van der Waals surface area contributed by atoms with Gasteiger partial charge in [0, 0.05) is 48.9 Å². The third-order valence-electron chi connectivity index (χ3n) is 5.16. The molecule has 0 saturated carbocycles. The zero-order valence-electron chi connectivity index (χ0n) is 15.1. The molecule has 2 aromatic carbocycles. The molecule has 2 aliphatic heterocycles. The fourth-order valence-electron chi connectivity index (χ4n) is 3.78. The molecule has 4 nitrogen and oxygen atoms in total. The fourth-order valence-corrected chi connectivity index (χ4v) is 3.78. The van der Waals surface area contributed by atoms with E-state index in [1.54, 1.807) is 0 Å². The molecule has 0 saturated heterocycles. The van der Waals surface area contributed by atoms with Crippen molar-refractivity contribution in [3.8, 4) is 17.1 Å². The molecule has 0 N–H and O–H groups in total. The number of hydrogen-bond donors (Lipinski definition) is 0. The number of ether oxygens (including phenoxy) is 1. The van der Waals surface area contributed by atoms with Crippen LogP contribution < -0.4 is 4.74 Å². The highest BCUT2D eigenvalue weighted by atomic mass is 16.5. The Kier molecular flexibility index (Phi) is 4.18. The van der Waals surface area contributed by atoms with Crippen LogP contribution in [-0.2, 0) is 13.0 Å². The topological polar surface area (TPSA) is 38.2 Å². The van der Waals surface area contributed by atoms with Gasteiger partial charge in [0.1, 0.15) is 12.4 Å². The lowest BCUT2D eigenvalue weighted by atomic mass is 10.0. The maximum Gasteiger partial charge on any atom is 0.159 e. The van der Waals surface area contributed by atoms with Crippen molar-refractivity contribution in [3.63, 3.8) is 0 Å². The molecule has 0 aliphatic carbocycles. The highest BCUT2D eigenvalue weighted by Crippen LogP contribution is 2.27. The van der Waals surface area contributed by atoms with Crippen LogP contribution >= 0.6 is 0 Å². The second-order valence-corrected chi connectivity index (χ2v) is 7.12. The summed E-state index contributed by atoms with van der Waals surface area (Å²) in [6.07, 6.45) is 5.23. The molecule has 0 unspecified atom stereocenters. The first-order valence-electron chi connectivity index (χ1n) is 9.39. The monoisotopic (exact) mass is 355 g/mol. The summed E-state index contributed by atoms with van der Waals surface area (Å²) in [5.74, 6) is 1.80. The van der Waals surface area contributed by atoms with E-state index in [0.717, 1.165) is 43.2 Å². The zero-order valence-corrected chi connectivity index (χ0v) is 15.1. The third kappa shape index (κ3) is 3.36. The molecule has 5 rings (SSSR count). The van der Waals surface area contributed by atoms with Crippen molar-refractivity contribution < 1.29 is 4.74 Å². The molecule has 134 valence electrons. The van der Waals surface area contributed by atoms with Gasteiger partial charge in [-0.1, -0.05) is 48.5 Å². The maximum atomic E-state index is 5.89. The molecule has 0 bridgehead atoms. The van der Waals surface area contributed by atoms with E-state index in [0.29, 0.717) is 6.61 Å². The first kappa shape index (κ1) is 16.2. The van der Waals surface area contributed by atoms with Gasteiger partial charge in [-0.2, -0.15) is 0 Å². The van der Waals surface area contributed by atoms with Crippen molar-refractivity contribution in [2.75, 3.05) is 19.7 Å². The summed E-state index contributed by atoms with van der Waals surface area (Å²) < 4.78 is 5.89. The normalized spacial score (nSPS) is 16.1. The molecule has 0 atom stereocenters. The Labute approximate surface area is 159 Å². The number of para-hydroxylation sites is 1. The van der Waals surface area contributed by atoms with Crippen LogP contribution in [0.4, 0.5) is 0 Å². The minimum atomic E-state index is 0.670. The summed E-state index contributed by atoms with van der Waals surface area (Å²) in [5.41, 5.74) is 5.98. The number of fused-ring (bicyclic) bond motifs is 2. The van der Waals surface area contributed by atoms with E-state index in [4.69, 9.17) is 9.72 Å². The molecule has 0 spiro atoms. The van der Waals surface area contributed by atoms with Gasteiger partial charge in [0.05, 0.1) is 5.69 Å². The van der Waals surface area contributed by atoms with Crippen LogP contribution in [0.3, 0.4) is 0 Å². The second-order valence-electron chi connectivity index (χ2n) is 7.12. The molecule has 0 amide bonds. The molecule has 3 aromatic rings. The van der Waals surface area contributed by atoms with Gasteiger partial charge in [-0.15, -0.1) is 0 Å². The Morgan fingerprint density at radius 2 is 1.85 bits per heavy atom. The van der Waals surface area contributed by atoms with E-state index in [2.05, 4.69) is 40.2 Å². The second kappa shape index (κ2) is 6.97. The Hall–Kier alpha value is -2.98. The summed E-state index contributed by atoms with van der Waals surface area (Å²) in [6, 6.07) is 18.4. The van der Waals surface area contributed by atoms with Crippen molar-refractivity contribution in [3.05, 3.63) is 83.2 Å². The molecule has 3 heterocycles. The van der Waals surface area contributed by atoms with Crippen LogP contribution in [0.1, 0.15) is 16.8 Å². The Morgan fingerprint density at radius 3 is 2.78 bits per heavy atom. The molecule has 1 aromatic heterocycles. The van der Waals surface area contributed by atoms with E-state index in [1.165, 1.54) is 22.4 Å². The Balaban J connectivity index is 1.31. The minimum Gasteiger partial charge on any atom is -0.489 e. The molecule has 0 radical (unpaired) electrons. The smallest absolute Gasteiger partial charge is 0.159 e. The van der Waals surface area contributed by atoms with Crippen molar-refractivity contribution in [2.45, 2.75) is 13.0 Å². The highest BCUT2D eigenvalue weighted by molar-refractivity contribution is 5.62. The zero-order chi connectivity index (χ0) is 18.1. The van der Waals surface area contributed by atoms with E-state index >= 15 is 0 Å². The van der Waals surface area contributed by atoms with Crippen molar-refractivity contribution >= 4 is 6.08 Å². The average molecular weight is 355 g/mol. The fraction of sp³-hybridized carbons (Fsp3) is 0.217. The van der Waals surface area contributed by atoms with Crippen LogP contribution in [0.25, 0.3) is 17.5 Å². The number of benzene rings is 2. The van der Waals surface area contributed by atoms with E-state index < -0.39 is 0 Å². The SMILES string of the molecule is C1=C(CN2CCc3nc(-c4ccccc4)ncc3C2)COc2ccccc21. The first-order chi connectivity index (χ1) is 13.3.